The van der Waals surface area contributed by atoms with Crippen LogP contribution in [0.3, 0.4) is 0 Å². The molecule has 0 radical (unpaired) electrons. The molecule has 1 aliphatic carbocycles. The lowest BCUT2D eigenvalue weighted by Crippen LogP contribution is -2.39. The van der Waals surface area contributed by atoms with E-state index in [-0.39, 0.29) is 10.7 Å². The van der Waals surface area contributed by atoms with Crippen LogP contribution in [0, 0.1) is 5.82 Å². The van der Waals surface area contributed by atoms with Gasteiger partial charge in [0.15, 0.2) is 5.79 Å². The Balaban J connectivity index is 1.74. The van der Waals surface area contributed by atoms with E-state index in [0.29, 0.717) is 26.1 Å². The lowest BCUT2D eigenvalue weighted by atomic mass is 10.0. The van der Waals surface area contributed by atoms with Crippen LogP contribution in [0.5, 0.6) is 0 Å². The standard InChI is InChI=1S/C16H19ClFNO4S/c17-14-11-12(18)3-4-15(14)19-24(20,21)13-5-7-16(8-6-13)22-9-1-2-10-23-16/h3-5,7,11,13,19H,1-2,6,8-10H2. The average molecular weight is 376 g/mol. The van der Waals surface area contributed by atoms with Crippen LogP contribution in [-0.4, -0.2) is 32.7 Å². The SMILES string of the molecule is O=S(=O)(Nc1ccc(F)cc1Cl)C1C=CC2(CC1)OCCCCO2. The third-order valence-corrected chi connectivity index (χ3v) is 6.16. The van der Waals surface area contributed by atoms with Crippen molar-refractivity contribution in [1.29, 1.82) is 0 Å². The van der Waals surface area contributed by atoms with Gasteiger partial charge in [-0.1, -0.05) is 17.7 Å². The monoisotopic (exact) mass is 375 g/mol. The molecular formula is C16H19ClFNO4S. The van der Waals surface area contributed by atoms with Crippen LogP contribution < -0.4 is 4.72 Å². The highest BCUT2D eigenvalue weighted by Crippen LogP contribution is 2.33. The molecule has 1 atom stereocenters. The largest absolute Gasteiger partial charge is 0.346 e. The van der Waals surface area contributed by atoms with Gasteiger partial charge in [0.2, 0.25) is 10.0 Å². The minimum absolute atomic E-state index is 0.0188. The topological polar surface area (TPSA) is 64.6 Å². The summed E-state index contributed by atoms with van der Waals surface area (Å²) in [4.78, 5) is 0. The second-order valence-electron chi connectivity index (χ2n) is 5.92. The normalized spacial score (nSPS) is 23.8. The zero-order chi connectivity index (χ0) is 17.2. The molecule has 1 saturated heterocycles. The van der Waals surface area contributed by atoms with E-state index in [9.17, 15) is 12.8 Å². The van der Waals surface area contributed by atoms with Crippen molar-refractivity contribution in [3.63, 3.8) is 0 Å². The first-order valence-electron chi connectivity index (χ1n) is 7.84. The van der Waals surface area contributed by atoms with Gasteiger partial charge < -0.3 is 9.47 Å². The Bertz CT molecular complexity index is 730. The zero-order valence-corrected chi connectivity index (χ0v) is 14.6. The zero-order valence-electron chi connectivity index (χ0n) is 13.0. The molecule has 0 bridgehead atoms. The number of hydrogen-bond donors (Lipinski definition) is 1. The molecule has 0 aromatic heterocycles. The first-order valence-corrected chi connectivity index (χ1v) is 9.77. The van der Waals surface area contributed by atoms with E-state index >= 15 is 0 Å². The Morgan fingerprint density at radius 1 is 1.25 bits per heavy atom. The van der Waals surface area contributed by atoms with Crippen LogP contribution in [0.15, 0.2) is 30.4 Å². The van der Waals surface area contributed by atoms with Gasteiger partial charge in [0.1, 0.15) is 5.82 Å². The third-order valence-electron chi connectivity index (χ3n) is 4.16. The molecule has 1 aliphatic heterocycles. The van der Waals surface area contributed by atoms with E-state index < -0.39 is 26.9 Å². The summed E-state index contributed by atoms with van der Waals surface area (Å²) in [7, 11) is -3.69. The summed E-state index contributed by atoms with van der Waals surface area (Å²) >= 11 is 5.88. The molecule has 0 saturated carbocycles. The van der Waals surface area contributed by atoms with Crippen LogP contribution in [0.4, 0.5) is 10.1 Å². The van der Waals surface area contributed by atoms with Crippen molar-refractivity contribution in [2.24, 2.45) is 0 Å². The molecule has 1 N–H and O–H groups in total. The smallest absolute Gasteiger partial charge is 0.239 e. The van der Waals surface area contributed by atoms with E-state index in [2.05, 4.69) is 4.72 Å². The predicted molar refractivity (Wildman–Crippen MR) is 90.0 cm³/mol. The van der Waals surface area contributed by atoms with E-state index in [1.807, 2.05) is 0 Å². The molecule has 1 fully saturated rings. The Morgan fingerprint density at radius 3 is 2.54 bits per heavy atom. The number of halogens is 2. The molecule has 1 aromatic carbocycles. The number of anilines is 1. The van der Waals surface area contributed by atoms with Gasteiger partial charge in [-0.15, -0.1) is 0 Å². The molecule has 1 spiro atoms. The Labute approximate surface area is 145 Å². The maximum Gasteiger partial charge on any atom is 0.239 e. The fourth-order valence-electron chi connectivity index (χ4n) is 2.81. The molecular weight excluding hydrogens is 357 g/mol. The lowest BCUT2D eigenvalue weighted by Gasteiger charge is -2.34. The minimum atomic E-state index is -3.69. The quantitative estimate of drug-likeness (QED) is 0.822. The number of benzene rings is 1. The summed E-state index contributed by atoms with van der Waals surface area (Å²) in [6.45, 7) is 1.20. The van der Waals surface area contributed by atoms with E-state index in [1.54, 1.807) is 12.2 Å². The molecule has 24 heavy (non-hydrogen) atoms. The van der Waals surface area contributed by atoms with Crippen molar-refractivity contribution in [1.82, 2.24) is 0 Å². The molecule has 2 aliphatic rings. The van der Waals surface area contributed by atoms with Crippen LogP contribution in [0.25, 0.3) is 0 Å². The summed E-state index contributed by atoms with van der Waals surface area (Å²) in [5, 5.41) is -0.704. The van der Waals surface area contributed by atoms with Gasteiger partial charge in [-0.05, 0) is 43.5 Å². The molecule has 3 rings (SSSR count). The average Bonchev–Trinajstić information content (AvgIpc) is 2.76. The summed E-state index contributed by atoms with van der Waals surface area (Å²) in [6, 6.07) is 3.53. The summed E-state index contributed by atoms with van der Waals surface area (Å²) < 4.78 is 52.1. The van der Waals surface area contributed by atoms with Crippen molar-refractivity contribution in [2.75, 3.05) is 17.9 Å². The second kappa shape index (κ2) is 7.00. The number of nitrogens with one attached hydrogen (secondary N) is 1. The highest BCUT2D eigenvalue weighted by atomic mass is 35.5. The molecule has 5 nitrogen and oxygen atoms in total. The van der Waals surface area contributed by atoms with E-state index in [4.69, 9.17) is 21.1 Å². The summed E-state index contributed by atoms with van der Waals surface area (Å²) in [6.07, 6.45) is 5.98. The molecule has 8 heteroatoms. The molecule has 1 unspecified atom stereocenters. The number of hydrogen-bond acceptors (Lipinski definition) is 4. The predicted octanol–water partition coefficient (Wildman–Crippen LogP) is 3.46. The lowest BCUT2D eigenvalue weighted by molar-refractivity contribution is -0.197. The van der Waals surface area contributed by atoms with E-state index in [0.717, 1.165) is 25.0 Å². The molecule has 0 amide bonds. The number of sulfonamides is 1. The molecule has 1 aromatic rings. The maximum atomic E-state index is 13.1. The first-order chi connectivity index (χ1) is 11.4. The maximum absolute atomic E-state index is 13.1. The molecule has 1 heterocycles. The first kappa shape index (κ1) is 17.7. The van der Waals surface area contributed by atoms with Crippen molar-refractivity contribution in [3.05, 3.63) is 41.2 Å². The molecule has 132 valence electrons. The second-order valence-corrected chi connectivity index (χ2v) is 8.23. The van der Waals surface area contributed by atoms with Gasteiger partial charge in [0, 0.05) is 6.42 Å². The number of rotatable bonds is 3. The van der Waals surface area contributed by atoms with Gasteiger partial charge in [-0.3, -0.25) is 4.72 Å². The van der Waals surface area contributed by atoms with Crippen molar-refractivity contribution in [3.8, 4) is 0 Å². The number of ether oxygens (including phenoxy) is 2. The van der Waals surface area contributed by atoms with Crippen molar-refractivity contribution >= 4 is 27.3 Å². The van der Waals surface area contributed by atoms with Gasteiger partial charge in [0.25, 0.3) is 0 Å². The third kappa shape index (κ3) is 3.91. The fourth-order valence-corrected chi connectivity index (χ4v) is 4.43. The Morgan fingerprint density at radius 2 is 1.96 bits per heavy atom. The van der Waals surface area contributed by atoms with Gasteiger partial charge >= 0.3 is 0 Å². The van der Waals surface area contributed by atoms with Crippen molar-refractivity contribution < 1.29 is 22.3 Å². The summed E-state index contributed by atoms with van der Waals surface area (Å²) in [5.74, 6) is -1.33. The van der Waals surface area contributed by atoms with Crippen LogP contribution >= 0.6 is 11.6 Å². The van der Waals surface area contributed by atoms with Gasteiger partial charge in [-0.25, -0.2) is 12.8 Å². The fraction of sp³-hybridized carbons (Fsp3) is 0.500. The van der Waals surface area contributed by atoms with Crippen LogP contribution in [-0.2, 0) is 19.5 Å². The highest BCUT2D eigenvalue weighted by Gasteiger charge is 2.38. The Hall–Kier alpha value is -1.15. The van der Waals surface area contributed by atoms with Crippen LogP contribution in [0.1, 0.15) is 25.7 Å². The Kier molecular flexibility index (Phi) is 5.15. The van der Waals surface area contributed by atoms with Crippen LogP contribution in [0.2, 0.25) is 5.02 Å². The van der Waals surface area contributed by atoms with E-state index in [1.165, 1.54) is 6.07 Å². The van der Waals surface area contributed by atoms with Crippen molar-refractivity contribution in [2.45, 2.75) is 36.7 Å². The van der Waals surface area contributed by atoms with Gasteiger partial charge in [-0.2, -0.15) is 0 Å². The highest BCUT2D eigenvalue weighted by molar-refractivity contribution is 7.93. The minimum Gasteiger partial charge on any atom is -0.346 e. The summed E-state index contributed by atoms with van der Waals surface area (Å²) in [5.41, 5.74) is 0.161. The van der Waals surface area contributed by atoms with Gasteiger partial charge in [0.05, 0.1) is 29.2 Å².